The topological polar surface area (TPSA) is 110 Å². The number of rotatable bonds is 63. The first-order valence-electron chi connectivity index (χ1n) is 33.9. The van der Waals surface area contributed by atoms with Gasteiger partial charge in [-0.2, -0.15) is 0 Å². The van der Waals surface area contributed by atoms with Crippen molar-refractivity contribution in [3.63, 3.8) is 0 Å². The molecule has 1 amide bonds. The molecular formula is C69H133NO5. The molecule has 0 aliphatic carbocycles. The highest BCUT2D eigenvalue weighted by molar-refractivity contribution is 5.80. The Morgan fingerprint density at radius 3 is 0.840 bits per heavy atom. The molecule has 0 aromatic carbocycles. The molecule has 0 saturated heterocycles. The number of aliphatic hydroxyl groups excluding tert-OH is 4. The van der Waals surface area contributed by atoms with Crippen LogP contribution in [0.5, 0.6) is 0 Å². The van der Waals surface area contributed by atoms with Crippen molar-refractivity contribution in [3.05, 3.63) is 36.5 Å². The van der Waals surface area contributed by atoms with Crippen molar-refractivity contribution in [2.75, 3.05) is 6.61 Å². The quantitative estimate of drug-likeness (QED) is 0.0308. The molecule has 4 unspecified atom stereocenters. The SMILES string of the molecule is CCCCCCCCCCCCCC/C=C\CCCCCCCCCCCCCCCCC(O)C(=O)NC(CO)C(O)C(O)CCC/C=C/CC/C=C/CCCCCCCCCCCCCCCCCCCCCC. The van der Waals surface area contributed by atoms with Gasteiger partial charge in [0, 0.05) is 0 Å². The van der Waals surface area contributed by atoms with Gasteiger partial charge in [-0.05, 0) is 77.0 Å². The smallest absolute Gasteiger partial charge is 0.249 e. The summed E-state index contributed by atoms with van der Waals surface area (Å²) in [4.78, 5) is 12.6. The molecule has 0 saturated carbocycles. The average molecular weight is 1060 g/mol. The third kappa shape index (κ3) is 57.0. The fourth-order valence-electron chi connectivity index (χ4n) is 10.8. The molecule has 4 atom stereocenters. The lowest BCUT2D eigenvalue weighted by molar-refractivity contribution is -0.132. The van der Waals surface area contributed by atoms with E-state index in [0.717, 1.165) is 38.5 Å². The van der Waals surface area contributed by atoms with E-state index in [2.05, 4.69) is 55.6 Å². The van der Waals surface area contributed by atoms with Crippen LogP contribution in [0.4, 0.5) is 0 Å². The Bertz CT molecular complexity index is 1190. The fraction of sp³-hybridized carbons (Fsp3) is 0.899. The van der Waals surface area contributed by atoms with Gasteiger partial charge in [0.05, 0.1) is 18.8 Å². The number of nitrogens with one attached hydrogen (secondary N) is 1. The molecule has 0 aromatic rings. The minimum Gasteiger partial charge on any atom is -0.394 e. The van der Waals surface area contributed by atoms with Gasteiger partial charge in [0.25, 0.3) is 0 Å². The first kappa shape index (κ1) is 73.5. The largest absolute Gasteiger partial charge is 0.394 e. The predicted molar refractivity (Wildman–Crippen MR) is 330 cm³/mol. The third-order valence-corrected chi connectivity index (χ3v) is 16.1. The summed E-state index contributed by atoms with van der Waals surface area (Å²) in [5, 5.41) is 44.1. The Balaban J connectivity index is 3.60. The van der Waals surface area contributed by atoms with Crippen LogP contribution in [0, 0.1) is 0 Å². The molecule has 6 heteroatoms. The van der Waals surface area contributed by atoms with E-state index in [4.69, 9.17) is 0 Å². The summed E-state index contributed by atoms with van der Waals surface area (Å²) < 4.78 is 0. The first-order chi connectivity index (χ1) is 37.0. The maximum Gasteiger partial charge on any atom is 0.249 e. The fourth-order valence-corrected chi connectivity index (χ4v) is 10.8. The van der Waals surface area contributed by atoms with E-state index in [-0.39, 0.29) is 0 Å². The molecule has 0 heterocycles. The van der Waals surface area contributed by atoms with Gasteiger partial charge < -0.3 is 25.7 Å². The van der Waals surface area contributed by atoms with Crippen molar-refractivity contribution in [2.24, 2.45) is 0 Å². The maximum atomic E-state index is 12.6. The summed E-state index contributed by atoms with van der Waals surface area (Å²) in [5.74, 6) is -0.592. The van der Waals surface area contributed by atoms with Crippen LogP contribution in [0.25, 0.3) is 0 Å². The van der Waals surface area contributed by atoms with Crippen LogP contribution in [0.15, 0.2) is 36.5 Å². The molecule has 75 heavy (non-hydrogen) atoms. The van der Waals surface area contributed by atoms with Crippen LogP contribution in [-0.2, 0) is 4.79 Å². The molecule has 0 bridgehead atoms. The van der Waals surface area contributed by atoms with Crippen LogP contribution in [0.3, 0.4) is 0 Å². The van der Waals surface area contributed by atoms with Crippen molar-refractivity contribution < 1.29 is 25.2 Å². The maximum absolute atomic E-state index is 12.6. The number of hydrogen-bond acceptors (Lipinski definition) is 5. The number of aliphatic hydroxyl groups is 4. The Hall–Kier alpha value is -1.47. The minimum atomic E-state index is -1.29. The lowest BCUT2D eigenvalue weighted by atomic mass is 10.00. The number of amides is 1. The molecule has 0 aliphatic rings. The molecule has 0 spiro atoms. The van der Waals surface area contributed by atoms with E-state index in [0.29, 0.717) is 19.3 Å². The number of carbonyl (C=O) groups is 1. The van der Waals surface area contributed by atoms with Gasteiger partial charge in [-0.1, -0.05) is 326 Å². The zero-order valence-electron chi connectivity index (χ0n) is 50.6. The highest BCUT2D eigenvalue weighted by atomic mass is 16.3. The Morgan fingerprint density at radius 2 is 0.560 bits per heavy atom. The number of allylic oxidation sites excluding steroid dienone is 6. The van der Waals surface area contributed by atoms with E-state index in [1.54, 1.807) is 0 Å². The second kappa shape index (κ2) is 63.4. The molecule has 0 aliphatic heterocycles. The normalized spacial score (nSPS) is 13.7. The monoisotopic (exact) mass is 1060 g/mol. The van der Waals surface area contributed by atoms with Gasteiger partial charge in [-0.3, -0.25) is 4.79 Å². The van der Waals surface area contributed by atoms with Crippen LogP contribution in [0.2, 0.25) is 0 Å². The van der Waals surface area contributed by atoms with Crippen molar-refractivity contribution in [2.45, 2.75) is 391 Å². The van der Waals surface area contributed by atoms with E-state index in [9.17, 15) is 25.2 Å². The Morgan fingerprint density at radius 1 is 0.320 bits per heavy atom. The second-order valence-electron chi connectivity index (χ2n) is 23.5. The third-order valence-electron chi connectivity index (χ3n) is 16.1. The van der Waals surface area contributed by atoms with Gasteiger partial charge in [0.2, 0.25) is 5.91 Å². The van der Waals surface area contributed by atoms with E-state index in [1.165, 1.54) is 295 Å². The minimum absolute atomic E-state index is 0.362. The van der Waals surface area contributed by atoms with Gasteiger partial charge in [-0.15, -0.1) is 0 Å². The standard InChI is InChI=1S/C69H133NO5/c1-3-5-7-9-11-13-15-17-19-21-23-25-27-29-31-33-35-37-39-41-43-45-47-49-51-53-55-57-59-61-63-67(73)69(75)70-65(64-71)68(74)66(72)62-60-58-56-54-52-50-48-46-44-42-40-38-36-34-32-30-28-26-24-22-20-18-16-14-12-10-8-6-4-2/h29,31,46,48,54,56,65-68,71-74H,3-28,30,32-45,47,49-53,55,57-64H2,1-2H3,(H,70,75)/b31-29-,48-46+,56-54+. The van der Waals surface area contributed by atoms with Gasteiger partial charge in [-0.25, -0.2) is 0 Å². The molecule has 5 N–H and O–H groups in total. The average Bonchev–Trinajstić information content (AvgIpc) is 3.42. The summed E-state index contributed by atoms with van der Waals surface area (Å²) in [6.45, 7) is 4.09. The Kier molecular flexibility index (Phi) is 62.1. The van der Waals surface area contributed by atoms with Crippen LogP contribution in [-0.4, -0.2) is 57.3 Å². The molecule has 444 valence electrons. The van der Waals surface area contributed by atoms with Gasteiger partial charge >= 0.3 is 0 Å². The summed E-state index contributed by atoms with van der Waals surface area (Å²) in [6.07, 6.45) is 81.2. The zero-order valence-corrected chi connectivity index (χ0v) is 50.6. The van der Waals surface area contributed by atoms with Crippen LogP contribution < -0.4 is 5.32 Å². The lowest BCUT2D eigenvalue weighted by Crippen LogP contribution is -2.53. The van der Waals surface area contributed by atoms with Crippen molar-refractivity contribution in [1.82, 2.24) is 5.32 Å². The molecule has 0 rings (SSSR count). The van der Waals surface area contributed by atoms with Crippen molar-refractivity contribution in [3.8, 4) is 0 Å². The highest BCUT2D eigenvalue weighted by Crippen LogP contribution is 2.19. The summed E-state index contributed by atoms with van der Waals surface area (Å²) in [6, 6.07) is -1.01. The molecule has 0 aromatic heterocycles. The van der Waals surface area contributed by atoms with E-state index in [1.807, 2.05) is 0 Å². The van der Waals surface area contributed by atoms with Crippen molar-refractivity contribution in [1.29, 1.82) is 0 Å². The van der Waals surface area contributed by atoms with E-state index < -0.39 is 36.9 Å². The highest BCUT2D eigenvalue weighted by Gasteiger charge is 2.28. The van der Waals surface area contributed by atoms with Crippen molar-refractivity contribution >= 4 is 5.91 Å². The first-order valence-corrected chi connectivity index (χ1v) is 33.9. The van der Waals surface area contributed by atoms with Gasteiger partial charge in [0.15, 0.2) is 0 Å². The second-order valence-corrected chi connectivity index (χ2v) is 23.5. The number of carbonyl (C=O) groups excluding carboxylic acids is 1. The molecule has 0 radical (unpaired) electrons. The van der Waals surface area contributed by atoms with Gasteiger partial charge in [0.1, 0.15) is 12.2 Å². The molecule has 6 nitrogen and oxygen atoms in total. The summed E-state index contributed by atoms with van der Waals surface area (Å²) in [7, 11) is 0. The molecule has 0 fully saturated rings. The summed E-state index contributed by atoms with van der Waals surface area (Å²) >= 11 is 0. The van der Waals surface area contributed by atoms with E-state index >= 15 is 0 Å². The number of hydrogen-bond donors (Lipinski definition) is 5. The number of unbranched alkanes of at least 4 members (excludes halogenated alkanes) is 48. The summed E-state index contributed by atoms with van der Waals surface area (Å²) in [5.41, 5.74) is 0. The van der Waals surface area contributed by atoms with Crippen LogP contribution in [0.1, 0.15) is 367 Å². The van der Waals surface area contributed by atoms with Crippen LogP contribution >= 0.6 is 0 Å². The lowest BCUT2D eigenvalue weighted by Gasteiger charge is -2.27. The predicted octanol–water partition coefficient (Wildman–Crippen LogP) is 20.7. The Labute approximate surface area is 468 Å². The zero-order chi connectivity index (χ0) is 54.4. The molecular weight excluding hydrogens is 923 g/mol.